The number of rotatable bonds is 3. The van der Waals surface area contributed by atoms with E-state index >= 15 is 0 Å². The molecule has 0 aliphatic carbocycles. The molecule has 2 aromatic rings. The molecule has 0 aliphatic rings. The highest BCUT2D eigenvalue weighted by molar-refractivity contribution is 7.09. The van der Waals surface area contributed by atoms with E-state index in [2.05, 4.69) is 10.3 Å². The predicted molar refractivity (Wildman–Crippen MR) is 80.4 cm³/mol. The normalized spacial score (nSPS) is 10.9. The topological polar surface area (TPSA) is 42.0 Å². The van der Waals surface area contributed by atoms with E-state index in [1.807, 2.05) is 44.4 Å². The number of hydrogen-bond acceptors (Lipinski definition) is 3. The fourth-order valence-electron chi connectivity index (χ4n) is 1.75. The van der Waals surface area contributed by atoms with E-state index < -0.39 is 0 Å². The summed E-state index contributed by atoms with van der Waals surface area (Å²) in [5.74, 6) is -0.141. The molecular formula is C15H16N2OS. The average Bonchev–Trinajstić information content (AvgIpc) is 2.76. The highest BCUT2D eigenvalue weighted by Crippen LogP contribution is 2.16. The van der Waals surface area contributed by atoms with Crippen LogP contribution in [0.5, 0.6) is 0 Å². The molecule has 0 fully saturated rings. The van der Waals surface area contributed by atoms with Gasteiger partial charge >= 0.3 is 0 Å². The Hall–Kier alpha value is -1.94. The first kappa shape index (κ1) is 13.5. The number of amides is 1. The predicted octanol–water partition coefficient (Wildman–Crippen LogP) is 3.72. The number of carbonyl (C=O) groups is 1. The van der Waals surface area contributed by atoms with Crippen LogP contribution >= 0.6 is 11.3 Å². The molecule has 0 atom stereocenters. The minimum Gasteiger partial charge on any atom is -0.322 e. The Bertz CT molecular complexity index is 629. The minimum absolute atomic E-state index is 0.141. The van der Waals surface area contributed by atoms with Gasteiger partial charge in [0.1, 0.15) is 0 Å². The zero-order chi connectivity index (χ0) is 13.8. The molecule has 4 heteroatoms. The van der Waals surface area contributed by atoms with Crippen molar-refractivity contribution in [1.82, 2.24) is 4.98 Å². The van der Waals surface area contributed by atoms with E-state index in [0.29, 0.717) is 0 Å². The van der Waals surface area contributed by atoms with Gasteiger partial charge in [-0.3, -0.25) is 4.79 Å². The van der Waals surface area contributed by atoms with Crippen LogP contribution in [0.3, 0.4) is 0 Å². The van der Waals surface area contributed by atoms with Crippen LogP contribution in [0.15, 0.2) is 29.7 Å². The summed E-state index contributed by atoms with van der Waals surface area (Å²) in [4.78, 5) is 16.1. The summed E-state index contributed by atoms with van der Waals surface area (Å²) >= 11 is 1.57. The van der Waals surface area contributed by atoms with Crippen LogP contribution in [0, 0.1) is 20.8 Å². The summed E-state index contributed by atoms with van der Waals surface area (Å²) in [5.41, 5.74) is 3.91. The molecule has 3 nitrogen and oxygen atoms in total. The first-order chi connectivity index (χ1) is 9.04. The molecule has 0 unspecified atom stereocenters. The number of aromatic nitrogens is 1. The molecule has 0 saturated heterocycles. The molecule has 1 amide bonds. The number of carbonyl (C=O) groups excluding carboxylic acids is 1. The van der Waals surface area contributed by atoms with Crippen molar-refractivity contribution >= 4 is 29.0 Å². The lowest BCUT2D eigenvalue weighted by Gasteiger charge is -2.06. The second-order valence-electron chi connectivity index (χ2n) is 4.43. The summed E-state index contributed by atoms with van der Waals surface area (Å²) in [6.45, 7) is 5.96. The number of benzene rings is 1. The molecule has 0 bridgehead atoms. The van der Waals surface area contributed by atoms with Crippen molar-refractivity contribution in [2.45, 2.75) is 20.8 Å². The van der Waals surface area contributed by atoms with Crippen molar-refractivity contribution < 1.29 is 4.79 Å². The van der Waals surface area contributed by atoms with E-state index in [4.69, 9.17) is 0 Å². The summed E-state index contributed by atoms with van der Waals surface area (Å²) in [7, 11) is 0. The lowest BCUT2D eigenvalue weighted by atomic mass is 10.1. The van der Waals surface area contributed by atoms with E-state index in [1.165, 1.54) is 11.6 Å². The number of nitrogens with one attached hydrogen (secondary N) is 1. The number of anilines is 1. The van der Waals surface area contributed by atoms with Gasteiger partial charge in [0.05, 0.1) is 10.7 Å². The van der Waals surface area contributed by atoms with Gasteiger partial charge in [-0.15, -0.1) is 11.3 Å². The van der Waals surface area contributed by atoms with Gasteiger partial charge in [0.2, 0.25) is 5.91 Å². The van der Waals surface area contributed by atoms with Gasteiger partial charge < -0.3 is 5.32 Å². The van der Waals surface area contributed by atoms with Crippen molar-refractivity contribution in [3.05, 3.63) is 51.5 Å². The van der Waals surface area contributed by atoms with Crippen LogP contribution < -0.4 is 5.32 Å². The van der Waals surface area contributed by atoms with Crippen molar-refractivity contribution in [2.24, 2.45) is 0 Å². The van der Waals surface area contributed by atoms with Gasteiger partial charge in [-0.1, -0.05) is 17.7 Å². The van der Waals surface area contributed by atoms with E-state index in [1.54, 1.807) is 17.4 Å². The largest absolute Gasteiger partial charge is 0.322 e. The maximum Gasteiger partial charge on any atom is 0.248 e. The lowest BCUT2D eigenvalue weighted by Crippen LogP contribution is -2.08. The molecule has 0 spiro atoms. The van der Waals surface area contributed by atoms with Gasteiger partial charge in [0.25, 0.3) is 0 Å². The van der Waals surface area contributed by atoms with Crippen LogP contribution in [0.25, 0.3) is 6.08 Å². The van der Waals surface area contributed by atoms with Gasteiger partial charge in [0.15, 0.2) is 0 Å². The molecule has 0 radical (unpaired) electrons. The number of hydrogen-bond donors (Lipinski definition) is 1. The molecule has 2 rings (SSSR count). The third kappa shape index (κ3) is 3.76. The van der Waals surface area contributed by atoms with Crippen molar-refractivity contribution in [1.29, 1.82) is 0 Å². The quantitative estimate of drug-likeness (QED) is 0.865. The van der Waals surface area contributed by atoms with Crippen LogP contribution in [-0.2, 0) is 4.79 Å². The molecule has 98 valence electrons. The number of thiazole rings is 1. The first-order valence-corrected chi connectivity index (χ1v) is 6.91. The third-order valence-corrected chi connectivity index (χ3v) is 3.47. The fourth-order valence-corrected chi connectivity index (χ4v) is 2.33. The van der Waals surface area contributed by atoms with Crippen LogP contribution in [0.1, 0.15) is 21.8 Å². The molecule has 0 saturated carbocycles. The first-order valence-electron chi connectivity index (χ1n) is 6.03. The Labute approximate surface area is 117 Å². The standard InChI is InChI=1S/C15H16N2OS/c1-10-4-6-14(11(2)8-10)17-15(18)7-5-13-9-19-12(3)16-13/h4-9H,1-3H3,(H,17,18)/b7-5+. The smallest absolute Gasteiger partial charge is 0.248 e. The Morgan fingerprint density at radius 1 is 1.32 bits per heavy atom. The van der Waals surface area contributed by atoms with E-state index in [-0.39, 0.29) is 5.91 Å². The monoisotopic (exact) mass is 272 g/mol. The Balaban J connectivity index is 2.03. The average molecular weight is 272 g/mol. The second-order valence-corrected chi connectivity index (χ2v) is 5.49. The molecule has 1 aromatic carbocycles. The maximum absolute atomic E-state index is 11.8. The Kier molecular flexibility index (Phi) is 4.12. The minimum atomic E-state index is -0.141. The molecule has 1 N–H and O–H groups in total. The number of nitrogens with zero attached hydrogens (tertiary/aromatic N) is 1. The number of aryl methyl sites for hydroxylation is 3. The third-order valence-electron chi connectivity index (χ3n) is 2.68. The van der Waals surface area contributed by atoms with Gasteiger partial charge in [-0.25, -0.2) is 4.98 Å². The highest BCUT2D eigenvalue weighted by Gasteiger charge is 2.02. The summed E-state index contributed by atoms with van der Waals surface area (Å²) in [6, 6.07) is 5.95. The van der Waals surface area contributed by atoms with Crippen LogP contribution in [-0.4, -0.2) is 10.9 Å². The van der Waals surface area contributed by atoms with Crippen LogP contribution in [0.4, 0.5) is 5.69 Å². The summed E-state index contributed by atoms with van der Waals surface area (Å²) < 4.78 is 0. The lowest BCUT2D eigenvalue weighted by molar-refractivity contribution is -0.111. The zero-order valence-electron chi connectivity index (χ0n) is 11.2. The zero-order valence-corrected chi connectivity index (χ0v) is 12.0. The van der Waals surface area contributed by atoms with Crippen molar-refractivity contribution in [3.8, 4) is 0 Å². The molecule has 19 heavy (non-hydrogen) atoms. The highest BCUT2D eigenvalue weighted by atomic mass is 32.1. The molecular weight excluding hydrogens is 256 g/mol. The van der Waals surface area contributed by atoms with E-state index in [0.717, 1.165) is 22.0 Å². The fraction of sp³-hybridized carbons (Fsp3) is 0.200. The molecule has 0 aliphatic heterocycles. The summed E-state index contributed by atoms with van der Waals surface area (Å²) in [6.07, 6.45) is 3.23. The summed E-state index contributed by atoms with van der Waals surface area (Å²) in [5, 5.41) is 5.79. The van der Waals surface area contributed by atoms with Gasteiger partial charge in [-0.2, -0.15) is 0 Å². The maximum atomic E-state index is 11.8. The van der Waals surface area contributed by atoms with Crippen LogP contribution in [0.2, 0.25) is 0 Å². The van der Waals surface area contributed by atoms with Crippen molar-refractivity contribution in [2.75, 3.05) is 5.32 Å². The van der Waals surface area contributed by atoms with E-state index in [9.17, 15) is 4.79 Å². The second kappa shape index (κ2) is 5.80. The SMILES string of the molecule is Cc1ccc(NC(=O)/C=C/c2csc(C)n2)c(C)c1. The van der Waals surface area contributed by atoms with Gasteiger partial charge in [-0.05, 0) is 38.5 Å². The Morgan fingerprint density at radius 3 is 2.74 bits per heavy atom. The van der Waals surface area contributed by atoms with Gasteiger partial charge in [0, 0.05) is 17.1 Å². The molecule has 1 heterocycles. The Morgan fingerprint density at radius 2 is 2.11 bits per heavy atom. The molecule has 1 aromatic heterocycles. The van der Waals surface area contributed by atoms with Crippen molar-refractivity contribution in [3.63, 3.8) is 0 Å².